The van der Waals surface area contributed by atoms with Crippen LogP contribution in [0.3, 0.4) is 0 Å². The van der Waals surface area contributed by atoms with Crippen molar-refractivity contribution in [3.05, 3.63) is 66.0 Å². The number of halogens is 3. The van der Waals surface area contributed by atoms with E-state index in [0.29, 0.717) is 43.2 Å². The molecule has 3 aromatic rings. The number of benzene rings is 1. The molecule has 8 nitrogen and oxygen atoms in total. The lowest BCUT2D eigenvalue weighted by atomic mass is 9.96. The number of piperidine rings is 1. The summed E-state index contributed by atoms with van der Waals surface area (Å²) in [4.78, 5) is 30.8. The van der Waals surface area contributed by atoms with Crippen LogP contribution < -0.4 is 10.1 Å². The van der Waals surface area contributed by atoms with Gasteiger partial charge in [0.2, 0.25) is 5.91 Å². The fraction of sp³-hybridized carbons (Fsp3) is 0.333. The van der Waals surface area contributed by atoms with Crippen molar-refractivity contribution in [2.24, 2.45) is 5.92 Å². The topological polar surface area (TPSA) is 89.4 Å². The molecule has 0 atom stereocenters. The number of para-hydroxylation sites is 1. The van der Waals surface area contributed by atoms with Crippen molar-refractivity contribution in [3.63, 3.8) is 0 Å². The number of carbonyl (C=O) groups is 2. The minimum absolute atomic E-state index is 0.0700. The van der Waals surface area contributed by atoms with E-state index in [9.17, 15) is 22.8 Å². The van der Waals surface area contributed by atoms with Gasteiger partial charge in [-0.2, -0.15) is 23.0 Å². The van der Waals surface area contributed by atoms with E-state index in [2.05, 4.69) is 15.4 Å². The van der Waals surface area contributed by atoms with Gasteiger partial charge in [-0.15, -0.1) is 0 Å². The third-order valence-corrected chi connectivity index (χ3v) is 5.70. The number of likely N-dealkylation sites (tertiary alicyclic amines) is 1. The SMILES string of the molecule is Cc1cc(NC(=O)C2CCN(C(=O)COc3ccccc3)CC2)n(-c2ccc(C(F)(F)F)cn2)n1. The Kier molecular flexibility index (Phi) is 7.04. The molecule has 3 heterocycles. The van der Waals surface area contributed by atoms with Crippen LogP contribution >= 0.6 is 0 Å². The number of carbonyl (C=O) groups excluding carboxylic acids is 2. The molecule has 184 valence electrons. The maximum atomic E-state index is 12.9. The highest BCUT2D eigenvalue weighted by atomic mass is 19.4. The van der Waals surface area contributed by atoms with Gasteiger partial charge < -0.3 is 15.0 Å². The van der Waals surface area contributed by atoms with Gasteiger partial charge in [-0.05, 0) is 44.0 Å². The highest BCUT2D eigenvalue weighted by Gasteiger charge is 2.31. The molecule has 0 unspecified atom stereocenters. The molecule has 1 aliphatic rings. The Hall–Kier alpha value is -3.89. The van der Waals surface area contributed by atoms with Gasteiger partial charge in [-0.3, -0.25) is 9.59 Å². The first-order valence-corrected chi connectivity index (χ1v) is 11.1. The molecule has 0 radical (unpaired) electrons. The van der Waals surface area contributed by atoms with Gasteiger partial charge in [0.15, 0.2) is 12.4 Å². The number of anilines is 1. The number of nitrogens with one attached hydrogen (secondary N) is 1. The zero-order valence-electron chi connectivity index (χ0n) is 19.0. The van der Waals surface area contributed by atoms with Crippen LogP contribution in [0.2, 0.25) is 0 Å². The van der Waals surface area contributed by atoms with E-state index >= 15 is 0 Å². The largest absolute Gasteiger partial charge is 0.484 e. The predicted octanol–water partition coefficient (Wildman–Crippen LogP) is 3.85. The maximum absolute atomic E-state index is 12.9. The molecule has 0 saturated carbocycles. The van der Waals surface area contributed by atoms with Crippen LogP contribution in [0, 0.1) is 12.8 Å². The number of hydrogen-bond donors (Lipinski definition) is 1. The number of alkyl halides is 3. The minimum Gasteiger partial charge on any atom is -0.484 e. The summed E-state index contributed by atoms with van der Waals surface area (Å²) >= 11 is 0. The lowest BCUT2D eigenvalue weighted by molar-refractivity contribution is -0.138. The van der Waals surface area contributed by atoms with E-state index < -0.39 is 11.7 Å². The molecule has 35 heavy (non-hydrogen) atoms. The van der Waals surface area contributed by atoms with Crippen molar-refractivity contribution in [1.82, 2.24) is 19.7 Å². The second-order valence-corrected chi connectivity index (χ2v) is 8.23. The quantitative estimate of drug-likeness (QED) is 0.571. The number of amides is 2. The highest BCUT2D eigenvalue weighted by Crippen LogP contribution is 2.29. The average Bonchev–Trinajstić information content (AvgIpc) is 3.22. The van der Waals surface area contributed by atoms with Gasteiger partial charge >= 0.3 is 6.18 Å². The Morgan fingerprint density at radius 3 is 2.46 bits per heavy atom. The minimum atomic E-state index is -4.49. The van der Waals surface area contributed by atoms with E-state index in [0.717, 1.165) is 12.3 Å². The summed E-state index contributed by atoms with van der Waals surface area (Å²) in [6, 6.07) is 12.8. The van der Waals surface area contributed by atoms with Gasteiger partial charge in [0.25, 0.3) is 5.91 Å². The monoisotopic (exact) mass is 487 g/mol. The lowest BCUT2D eigenvalue weighted by Crippen LogP contribution is -2.43. The Bertz CT molecular complexity index is 1170. The third-order valence-electron chi connectivity index (χ3n) is 5.70. The van der Waals surface area contributed by atoms with Crippen LogP contribution in [0.4, 0.5) is 19.0 Å². The summed E-state index contributed by atoms with van der Waals surface area (Å²) in [5.74, 6) is 0.373. The number of hydrogen-bond acceptors (Lipinski definition) is 5. The molecular weight excluding hydrogens is 463 g/mol. The van der Waals surface area contributed by atoms with E-state index in [1.165, 1.54) is 10.7 Å². The van der Waals surface area contributed by atoms with Gasteiger partial charge in [0, 0.05) is 31.3 Å². The molecule has 0 spiro atoms. The van der Waals surface area contributed by atoms with Crippen LogP contribution in [0.1, 0.15) is 24.1 Å². The van der Waals surface area contributed by atoms with E-state index in [1.807, 2.05) is 18.2 Å². The van der Waals surface area contributed by atoms with Gasteiger partial charge in [-0.25, -0.2) is 4.98 Å². The summed E-state index contributed by atoms with van der Waals surface area (Å²) in [5.41, 5.74) is -0.299. The van der Waals surface area contributed by atoms with Crippen molar-refractivity contribution in [2.75, 3.05) is 25.0 Å². The second-order valence-electron chi connectivity index (χ2n) is 8.23. The molecule has 1 saturated heterocycles. The molecule has 1 fully saturated rings. The Labute approximate surface area is 199 Å². The number of nitrogens with zero attached hydrogens (tertiary/aromatic N) is 4. The van der Waals surface area contributed by atoms with Crippen LogP contribution in [0.5, 0.6) is 5.75 Å². The van der Waals surface area contributed by atoms with Crippen LogP contribution in [-0.4, -0.2) is 51.2 Å². The zero-order valence-corrected chi connectivity index (χ0v) is 19.0. The Balaban J connectivity index is 1.33. The number of rotatable bonds is 6. The fourth-order valence-electron chi connectivity index (χ4n) is 3.81. The standard InChI is InChI=1S/C24H24F3N5O3/c1-16-13-21(32(30-16)20-8-7-18(14-28-20)24(25,26)27)29-23(34)17-9-11-31(12-10-17)22(33)15-35-19-5-3-2-4-6-19/h2-8,13-14,17H,9-12,15H2,1H3,(H,29,34). The number of aryl methyl sites for hydroxylation is 1. The summed E-state index contributed by atoms with van der Waals surface area (Å²) in [6.07, 6.45) is -2.80. The van der Waals surface area contributed by atoms with Crippen molar-refractivity contribution in [3.8, 4) is 11.6 Å². The van der Waals surface area contributed by atoms with E-state index in [4.69, 9.17) is 4.74 Å². The highest BCUT2D eigenvalue weighted by molar-refractivity contribution is 5.92. The van der Waals surface area contributed by atoms with Gasteiger partial charge in [0.1, 0.15) is 11.6 Å². The normalized spacial score (nSPS) is 14.6. The smallest absolute Gasteiger partial charge is 0.417 e. The molecule has 2 aromatic heterocycles. The average molecular weight is 487 g/mol. The molecular formula is C24H24F3N5O3. The first-order valence-electron chi connectivity index (χ1n) is 11.1. The molecule has 1 aromatic carbocycles. The lowest BCUT2D eigenvalue weighted by Gasteiger charge is -2.31. The Morgan fingerprint density at radius 1 is 1.11 bits per heavy atom. The first kappa shape index (κ1) is 24.2. The maximum Gasteiger partial charge on any atom is 0.417 e. The summed E-state index contributed by atoms with van der Waals surface area (Å²) < 4.78 is 45.3. The number of ether oxygens (including phenoxy) is 1. The zero-order chi connectivity index (χ0) is 25.0. The Morgan fingerprint density at radius 2 is 1.83 bits per heavy atom. The van der Waals surface area contributed by atoms with E-state index in [1.54, 1.807) is 30.0 Å². The first-order chi connectivity index (χ1) is 16.7. The molecule has 0 aliphatic carbocycles. The van der Waals surface area contributed by atoms with Crippen molar-refractivity contribution in [1.29, 1.82) is 0 Å². The molecule has 1 N–H and O–H groups in total. The molecule has 0 bridgehead atoms. The fourth-order valence-corrected chi connectivity index (χ4v) is 3.81. The molecule has 11 heteroatoms. The van der Waals surface area contributed by atoms with Gasteiger partial charge in [-0.1, -0.05) is 18.2 Å². The van der Waals surface area contributed by atoms with Crippen LogP contribution in [0.15, 0.2) is 54.7 Å². The molecule has 1 aliphatic heterocycles. The summed E-state index contributed by atoms with van der Waals surface area (Å²) in [7, 11) is 0. The third kappa shape index (κ3) is 5.97. The summed E-state index contributed by atoms with van der Waals surface area (Å²) in [6.45, 7) is 2.49. The van der Waals surface area contributed by atoms with Crippen LogP contribution in [0.25, 0.3) is 5.82 Å². The molecule has 2 amide bonds. The number of aromatic nitrogens is 3. The van der Waals surface area contributed by atoms with Crippen LogP contribution in [-0.2, 0) is 15.8 Å². The number of pyridine rings is 1. The molecule has 4 rings (SSSR count). The predicted molar refractivity (Wildman–Crippen MR) is 121 cm³/mol. The van der Waals surface area contributed by atoms with Gasteiger partial charge in [0.05, 0.1) is 11.3 Å². The van der Waals surface area contributed by atoms with Crippen molar-refractivity contribution < 1.29 is 27.5 Å². The van der Waals surface area contributed by atoms with E-state index in [-0.39, 0.29) is 30.2 Å². The van der Waals surface area contributed by atoms with Crippen molar-refractivity contribution >= 4 is 17.6 Å². The van der Waals surface area contributed by atoms with Crippen molar-refractivity contribution in [2.45, 2.75) is 25.9 Å². The second kappa shape index (κ2) is 10.2. The summed E-state index contributed by atoms with van der Waals surface area (Å²) in [5, 5.41) is 7.05.